The summed E-state index contributed by atoms with van der Waals surface area (Å²) < 4.78 is 2.44. The molecule has 2 aromatic rings. The standard InChI is InChI=1S/C26H32N2/c1-25-14-5-4-7-19(25)11-12-20-21(25)13-16-26(15-6-8-22(20)26)17-28-18-27-23-9-2-3-10-24(23)28/h2-3,6,9-11,15,18,20-22H,4-5,7-8,12-14,16-17H2,1H3/t20-,21+,22+,25+,26+/m1/s1. The summed E-state index contributed by atoms with van der Waals surface area (Å²) in [5.41, 5.74) is 5.08. The zero-order chi connectivity index (χ0) is 18.8. The van der Waals surface area contributed by atoms with Crippen LogP contribution in [0.5, 0.6) is 0 Å². The van der Waals surface area contributed by atoms with Gasteiger partial charge in [0.15, 0.2) is 0 Å². The first-order valence-electron chi connectivity index (χ1n) is 11.5. The number of aromatic nitrogens is 2. The third-order valence-corrected chi connectivity index (χ3v) is 9.11. The highest BCUT2D eigenvalue weighted by Crippen LogP contribution is 2.63. The van der Waals surface area contributed by atoms with Gasteiger partial charge in [0, 0.05) is 12.0 Å². The molecule has 0 spiro atoms. The lowest BCUT2D eigenvalue weighted by atomic mass is 9.48. The van der Waals surface area contributed by atoms with Crippen LogP contribution < -0.4 is 0 Å². The van der Waals surface area contributed by atoms with Gasteiger partial charge < -0.3 is 4.57 Å². The molecule has 1 heterocycles. The van der Waals surface area contributed by atoms with Gasteiger partial charge >= 0.3 is 0 Å². The van der Waals surface area contributed by atoms with Crippen LogP contribution >= 0.6 is 0 Å². The van der Waals surface area contributed by atoms with E-state index >= 15 is 0 Å². The first-order chi connectivity index (χ1) is 13.7. The van der Waals surface area contributed by atoms with Crippen molar-refractivity contribution in [3.63, 3.8) is 0 Å². The van der Waals surface area contributed by atoms with Gasteiger partial charge in [0.2, 0.25) is 0 Å². The van der Waals surface area contributed by atoms with Crippen LogP contribution in [-0.2, 0) is 6.54 Å². The fraction of sp³-hybridized carbons (Fsp3) is 0.577. The van der Waals surface area contributed by atoms with Crippen LogP contribution in [0.1, 0.15) is 58.3 Å². The quantitative estimate of drug-likeness (QED) is 0.548. The molecule has 2 nitrogen and oxygen atoms in total. The number of para-hydroxylation sites is 2. The van der Waals surface area contributed by atoms with E-state index in [1.165, 1.54) is 56.9 Å². The molecule has 146 valence electrons. The number of fused-ring (bicyclic) bond motifs is 6. The minimum atomic E-state index is 0.334. The lowest BCUT2D eigenvalue weighted by Gasteiger charge is -2.57. The molecule has 6 rings (SSSR count). The van der Waals surface area contributed by atoms with E-state index in [0.717, 1.165) is 29.8 Å². The van der Waals surface area contributed by atoms with Gasteiger partial charge in [-0.05, 0) is 80.2 Å². The van der Waals surface area contributed by atoms with Crippen molar-refractivity contribution >= 4 is 11.0 Å². The van der Waals surface area contributed by atoms with E-state index in [2.05, 4.69) is 65.3 Å². The highest BCUT2D eigenvalue weighted by atomic mass is 15.1. The third-order valence-electron chi connectivity index (χ3n) is 9.11. The monoisotopic (exact) mass is 372 g/mol. The highest BCUT2D eigenvalue weighted by Gasteiger charge is 2.55. The Kier molecular flexibility index (Phi) is 3.71. The zero-order valence-corrected chi connectivity index (χ0v) is 17.1. The Hall–Kier alpha value is -1.83. The lowest BCUT2D eigenvalue weighted by Crippen LogP contribution is -2.50. The third kappa shape index (κ3) is 2.30. The average Bonchev–Trinajstić information content (AvgIpc) is 3.32. The zero-order valence-electron chi connectivity index (χ0n) is 17.1. The topological polar surface area (TPSA) is 17.8 Å². The van der Waals surface area contributed by atoms with Crippen LogP contribution in [0.4, 0.5) is 0 Å². The summed E-state index contributed by atoms with van der Waals surface area (Å²) in [5.74, 6) is 2.58. The molecule has 0 radical (unpaired) electrons. The summed E-state index contributed by atoms with van der Waals surface area (Å²) in [7, 11) is 0. The van der Waals surface area contributed by atoms with Crippen LogP contribution in [0, 0.1) is 28.6 Å². The lowest BCUT2D eigenvalue weighted by molar-refractivity contribution is -0.0263. The normalized spacial score (nSPS) is 39.3. The van der Waals surface area contributed by atoms with E-state index in [4.69, 9.17) is 0 Å². The molecular formula is C26H32N2. The second-order valence-electron chi connectivity index (χ2n) is 10.2. The van der Waals surface area contributed by atoms with E-state index in [0.29, 0.717) is 10.8 Å². The molecular weight excluding hydrogens is 340 g/mol. The number of allylic oxidation sites excluding steroid dienone is 4. The maximum atomic E-state index is 4.67. The molecule has 2 saturated carbocycles. The summed E-state index contributed by atoms with van der Waals surface area (Å²) in [5, 5.41) is 0. The summed E-state index contributed by atoms with van der Waals surface area (Å²) >= 11 is 0. The Balaban J connectivity index is 1.35. The van der Waals surface area contributed by atoms with Crippen LogP contribution in [0.2, 0.25) is 0 Å². The van der Waals surface area contributed by atoms with Crippen LogP contribution in [0.25, 0.3) is 11.0 Å². The van der Waals surface area contributed by atoms with Gasteiger partial charge in [-0.1, -0.05) is 49.3 Å². The minimum absolute atomic E-state index is 0.334. The van der Waals surface area contributed by atoms with Crippen molar-refractivity contribution in [2.45, 2.75) is 64.8 Å². The van der Waals surface area contributed by atoms with Crippen molar-refractivity contribution < 1.29 is 0 Å². The number of benzene rings is 1. The predicted octanol–water partition coefficient (Wildman–Crippen LogP) is 6.54. The van der Waals surface area contributed by atoms with E-state index in [1.54, 1.807) is 0 Å². The SMILES string of the molecule is C[C@]12CCCCC1=CC[C@H]1[C@@H]3CC=C[C@@]3(Cn3cnc4ccccc43)CC[C@@H]12. The molecule has 0 unspecified atom stereocenters. The van der Waals surface area contributed by atoms with E-state index in [-0.39, 0.29) is 0 Å². The van der Waals surface area contributed by atoms with E-state index in [9.17, 15) is 0 Å². The molecule has 5 atom stereocenters. The molecule has 0 bridgehead atoms. The molecule has 28 heavy (non-hydrogen) atoms. The Bertz CT molecular complexity index is 966. The molecule has 4 aliphatic carbocycles. The van der Waals surface area contributed by atoms with Crippen LogP contribution in [-0.4, -0.2) is 9.55 Å². The fourth-order valence-corrected chi connectivity index (χ4v) is 7.71. The van der Waals surface area contributed by atoms with Crippen molar-refractivity contribution in [2.24, 2.45) is 28.6 Å². The van der Waals surface area contributed by atoms with Crippen molar-refractivity contribution in [1.82, 2.24) is 9.55 Å². The molecule has 0 amide bonds. The smallest absolute Gasteiger partial charge is 0.0958 e. The molecule has 2 heteroatoms. The van der Waals surface area contributed by atoms with Crippen molar-refractivity contribution in [1.29, 1.82) is 0 Å². The number of imidazole rings is 1. The van der Waals surface area contributed by atoms with Crippen LogP contribution in [0.3, 0.4) is 0 Å². The van der Waals surface area contributed by atoms with Gasteiger partial charge in [-0.25, -0.2) is 4.98 Å². The summed E-state index contributed by atoms with van der Waals surface area (Å²) in [6.45, 7) is 3.72. The number of hydrogen-bond acceptors (Lipinski definition) is 1. The maximum absolute atomic E-state index is 4.67. The highest BCUT2D eigenvalue weighted by molar-refractivity contribution is 5.74. The maximum Gasteiger partial charge on any atom is 0.0958 e. The average molecular weight is 373 g/mol. The van der Waals surface area contributed by atoms with E-state index < -0.39 is 0 Å². The van der Waals surface area contributed by atoms with Gasteiger partial charge in [-0.2, -0.15) is 0 Å². The molecule has 0 N–H and O–H groups in total. The Labute approximate surface area is 168 Å². The summed E-state index contributed by atoms with van der Waals surface area (Å²) in [6, 6.07) is 8.61. The van der Waals surface area contributed by atoms with Gasteiger partial charge in [0.25, 0.3) is 0 Å². The summed E-state index contributed by atoms with van der Waals surface area (Å²) in [4.78, 5) is 4.67. The number of nitrogens with zero attached hydrogens (tertiary/aromatic N) is 2. The van der Waals surface area contributed by atoms with Gasteiger partial charge in [-0.15, -0.1) is 0 Å². The van der Waals surface area contributed by atoms with Gasteiger partial charge in [-0.3, -0.25) is 0 Å². The Morgan fingerprint density at radius 1 is 1.11 bits per heavy atom. The fourth-order valence-electron chi connectivity index (χ4n) is 7.71. The molecule has 4 aliphatic rings. The second kappa shape index (κ2) is 6.08. The van der Waals surface area contributed by atoms with Crippen LogP contribution in [0.15, 0.2) is 54.4 Å². The van der Waals surface area contributed by atoms with Crippen molar-refractivity contribution in [3.05, 3.63) is 54.4 Å². The summed E-state index contributed by atoms with van der Waals surface area (Å²) in [6.07, 6.45) is 20.9. The molecule has 1 aromatic carbocycles. The molecule has 0 saturated heterocycles. The molecule has 2 fully saturated rings. The first kappa shape index (κ1) is 17.1. The molecule has 1 aromatic heterocycles. The first-order valence-corrected chi connectivity index (χ1v) is 11.5. The van der Waals surface area contributed by atoms with Gasteiger partial charge in [0.05, 0.1) is 17.4 Å². The largest absolute Gasteiger partial charge is 0.330 e. The second-order valence-corrected chi connectivity index (χ2v) is 10.2. The Morgan fingerprint density at radius 3 is 3.00 bits per heavy atom. The number of hydrogen-bond donors (Lipinski definition) is 0. The minimum Gasteiger partial charge on any atom is -0.330 e. The molecule has 0 aliphatic heterocycles. The van der Waals surface area contributed by atoms with E-state index in [1.807, 2.05) is 5.57 Å². The number of rotatable bonds is 2. The Morgan fingerprint density at radius 2 is 2.04 bits per heavy atom. The van der Waals surface area contributed by atoms with Crippen molar-refractivity contribution in [2.75, 3.05) is 0 Å². The van der Waals surface area contributed by atoms with Crippen molar-refractivity contribution in [3.8, 4) is 0 Å². The predicted molar refractivity (Wildman–Crippen MR) is 115 cm³/mol. The van der Waals surface area contributed by atoms with Gasteiger partial charge in [0.1, 0.15) is 0 Å².